The zero-order valence-electron chi connectivity index (χ0n) is 8.09. The van der Waals surface area contributed by atoms with Crippen molar-refractivity contribution in [2.45, 2.75) is 24.7 Å². The Kier molecular flexibility index (Phi) is 4.69. The summed E-state index contributed by atoms with van der Waals surface area (Å²) in [6, 6.07) is 6.06. The highest BCUT2D eigenvalue weighted by atomic mass is 79.9. The maximum Gasteiger partial charge on any atom is 0.147 e. The van der Waals surface area contributed by atoms with Gasteiger partial charge in [-0.1, -0.05) is 35.0 Å². The van der Waals surface area contributed by atoms with Gasteiger partial charge in [-0.3, -0.25) is 4.79 Å². The molecule has 0 amide bonds. The van der Waals surface area contributed by atoms with Crippen LogP contribution in [0.5, 0.6) is 0 Å². The topological polar surface area (TPSA) is 17.1 Å². The summed E-state index contributed by atoms with van der Waals surface area (Å²) >= 11 is 7.49. The molecule has 14 heavy (non-hydrogen) atoms. The molecule has 0 N–H and O–H groups in total. The van der Waals surface area contributed by atoms with Crippen LogP contribution in [0.25, 0.3) is 0 Å². The van der Waals surface area contributed by atoms with Crippen molar-refractivity contribution in [2.75, 3.05) is 5.33 Å². The first kappa shape index (κ1) is 11.8. The van der Waals surface area contributed by atoms with E-state index < -0.39 is 0 Å². The van der Waals surface area contributed by atoms with Crippen LogP contribution in [0.15, 0.2) is 23.1 Å². The Bertz CT molecular complexity index is 336. The highest BCUT2D eigenvalue weighted by Gasteiger charge is 2.05. The lowest BCUT2D eigenvalue weighted by atomic mass is 10.0. The summed E-state index contributed by atoms with van der Waals surface area (Å²) in [6.07, 6.45) is 1.46. The van der Waals surface area contributed by atoms with Crippen LogP contribution in [0, 0.1) is 0 Å². The molecule has 0 aliphatic rings. The van der Waals surface area contributed by atoms with Gasteiger partial charge < -0.3 is 0 Å². The summed E-state index contributed by atoms with van der Waals surface area (Å²) < 4.78 is 0. The van der Waals surface area contributed by atoms with Gasteiger partial charge >= 0.3 is 0 Å². The first-order chi connectivity index (χ1) is 6.67. The van der Waals surface area contributed by atoms with Crippen LogP contribution in [0.1, 0.15) is 18.1 Å². The summed E-state index contributed by atoms with van der Waals surface area (Å²) in [5, 5.41) is 0.413. The minimum absolute atomic E-state index is 0.188. The lowest BCUT2D eigenvalue weighted by Gasteiger charge is -2.05. The third-order valence-corrected chi connectivity index (χ3v) is 3.15. The maximum atomic E-state index is 11.3. The van der Waals surface area contributed by atoms with E-state index in [1.165, 1.54) is 5.56 Å². The van der Waals surface area contributed by atoms with E-state index in [0.717, 1.165) is 16.9 Å². The van der Waals surface area contributed by atoms with Gasteiger partial charge in [-0.05, 0) is 23.6 Å². The van der Waals surface area contributed by atoms with Gasteiger partial charge in [0.1, 0.15) is 5.78 Å². The first-order valence-electron chi connectivity index (χ1n) is 4.55. The van der Waals surface area contributed by atoms with Crippen LogP contribution < -0.4 is 0 Å². The molecule has 0 spiro atoms. The molecule has 0 unspecified atom stereocenters. The Morgan fingerprint density at radius 1 is 1.50 bits per heavy atom. The van der Waals surface area contributed by atoms with Crippen molar-refractivity contribution in [3.05, 3.63) is 29.3 Å². The molecule has 0 radical (unpaired) electrons. The number of Topliss-reactive ketones (excluding diaryl/α,β-unsaturated/α-hetero) is 1. The van der Waals surface area contributed by atoms with Gasteiger partial charge in [-0.15, -0.1) is 12.6 Å². The van der Waals surface area contributed by atoms with E-state index in [2.05, 4.69) is 41.5 Å². The molecule has 0 aliphatic carbocycles. The molecule has 0 bridgehead atoms. The Balaban J connectivity index is 2.89. The number of rotatable bonds is 4. The predicted molar refractivity (Wildman–Crippen MR) is 65.6 cm³/mol. The Morgan fingerprint density at radius 3 is 2.79 bits per heavy atom. The smallest absolute Gasteiger partial charge is 0.147 e. The predicted octanol–water partition coefficient (Wildman–Crippen LogP) is 3.04. The molecule has 1 aromatic rings. The third kappa shape index (κ3) is 3.14. The molecule has 0 aromatic heterocycles. The average Bonchev–Trinajstić information content (AvgIpc) is 2.21. The van der Waals surface area contributed by atoms with Crippen molar-refractivity contribution in [1.29, 1.82) is 0 Å². The van der Waals surface area contributed by atoms with Gasteiger partial charge in [-0.2, -0.15) is 0 Å². The Labute approximate surface area is 98.4 Å². The molecule has 76 valence electrons. The number of carbonyl (C=O) groups is 1. The van der Waals surface area contributed by atoms with Gasteiger partial charge in [-0.25, -0.2) is 0 Å². The SMILES string of the molecule is CCc1ccc(S)c(CC(=O)CBr)c1. The summed E-state index contributed by atoms with van der Waals surface area (Å²) in [5.41, 5.74) is 2.28. The minimum atomic E-state index is 0.188. The Morgan fingerprint density at radius 2 is 2.21 bits per heavy atom. The average molecular weight is 273 g/mol. The standard InChI is InChI=1S/C11H13BrOS/c1-2-8-3-4-11(14)9(5-8)6-10(13)7-12/h3-5,14H,2,6-7H2,1H3. The lowest BCUT2D eigenvalue weighted by Crippen LogP contribution is -2.04. The van der Waals surface area contributed by atoms with Crippen molar-refractivity contribution in [3.63, 3.8) is 0 Å². The largest absolute Gasteiger partial charge is 0.298 e. The molecule has 3 heteroatoms. The van der Waals surface area contributed by atoms with Crippen LogP contribution >= 0.6 is 28.6 Å². The number of alkyl halides is 1. The summed E-state index contributed by atoms with van der Waals surface area (Å²) in [5.74, 6) is 0.188. The van der Waals surface area contributed by atoms with E-state index in [0.29, 0.717) is 11.8 Å². The monoisotopic (exact) mass is 272 g/mol. The number of halogens is 1. The normalized spacial score (nSPS) is 10.2. The van der Waals surface area contributed by atoms with Crippen molar-refractivity contribution >= 4 is 34.3 Å². The molecular weight excluding hydrogens is 260 g/mol. The molecule has 0 atom stereocenters. The van der Waals surface area contributed by atoms with Gasteiger partial charge in [0.05, 0.1) is 5.33 Å². The van der Waals surface area contributed by atoms with E-state index in [9.17, 15) is 4.79 Å². The molecule has 0 saturated carbocycles. The van der Waals surface area contributed by atoms with Crippen LogP contribution in [-0.4, -0.2) is 11.1 Å². The van der Waals surface area contributed by atoms with Gasteiger partial charge in [0.15, 0.2) is 0 Å². The molecule has 1 nitrogen and oxygen atoms in total. The molecule has 0 aliphatic heterocycles. The molecule has 0 heterocycles. The number of aryl methyl sites for hydroxylation is 1. The van der Waals surface area contributed by atoms with E-state index in [1.807, 2.05) is 12.1 Å². The van der Waals surface area contributed by atoms with Crippen molar-refractivity contribution in [1.82, 2.24) is 0 Å². The molecule has 1 aromatic carbocycles. The number of hydrogen-bond donors (Lipinski definition) is 1. The fourth-order valence-electron chi connectivity index (χ4n) is 1.26. The first-order valence-corrected chi connectivity index (χ1v) is 6.12. The zero-order valence-corrected chi connectivity index (χ0v) is 10.6. The quantitative estimate of drug-likeness (QED) is 0.659. The number of ketones is 1. The second kappa shape index (κ2) is 5.56. The van der Waals surface area contributed by atoms with Crippen LogP contribution in [0.3, 0.4) is 0 Å². The summed E-state index contributed by atoms with van der Waals surface area (Å²) in [7, 11) is 0. The molecule has 1 rings (SSSR count). The number of benzene rings is 1. The van der Waals surface area contributed by atoms with Crippen molar-refractivity contribution in [3.8, 4) is 0 Å². The lowest BCUT2D eigenvalue weighted by molar-refractivity contribution is -0.115. The molecular formula is C11H13BrOS. The number of carbonyl (C=O) groups excluding carboxylic acids is 1. The fourth-order valence-corrected chi connectivity index (χ4v) is 1.68. The van der Waals surface area contributed by atoms with Crippen LogP contribution in [-0.2, 0) is 17.6 Å². The van der Waals surface area contributed by atoms with E-state index in [4.69, 9.17) is 0 Å². The van der Waals surface area contributed by atoms with E-state index in [1.54, 1.807) is 0 Å². The second-order valence-electron chi connectivity index (χ2n) is 3.17. The number of thiol groups is 1. The van der Waals surface area contributed by atoms with Crippen LogP contribution in [0.4, 0.5) is 0 Å². The highest BCUT2D eigenvalue weighted by molar-refractivity contribution is 9.09. The van der Waals surface area contributed by atoms with Gasteiger partial charge in [0.2, 0.25) is 0 Å². The van der Waals surface area contributed by atoms with E-state index in [-0.39, 0.29) is 5.78 Å². The van der Waals surface area contributed by atoms with Crippen molar-refractivity contribution < 1.29 is 4.79 Å². The number of hydrogen-bond acceptors (Lipinski definition) is 2. The highest BCUT2D eigenvalue weighted by Crippen LogP contribution is 2.17. The minimum Gasteiger partial charge on any atom is -0.298 e. The third-order valence-electron chi connectivity index (χ3n) is 2.09. The second-order valence-corrected chi connectivity index (χ2v) is 4.21. The molecule has 0 fully saturated rings. The fraction of sp³-hybridized carbons (Fsp3) is 0.364. The van der Waals surface area contributed by atoms with Gasteiger partial charge in [0, 0.05) is 11.3 Å². The van der Waals surface area contributed by atoms with Gasteiger partial charge in [0.25, 0.3) is 0 Å². The van der Waals surface area contributed by atoms with Crippen LogP contribution in [0.2, 0.25) is 0 Å². The van der Waals surface area contributed by atoms with Crippen molar-refractivity contribution in [2.24, 2.45) is 0 Å². The maximum absolute atomic E-state index is 11.3. The Hall–Kier alpha value is -0.280. The van der Waals surface area contributed by atoms with E-state index >= 15 is 0 Å². The summed E-state index contributed by atoms with van der Waals surface area (Å²) in [6.45, 7) is 2.10. The summed E-state index contributed by atoms with van der Waals surface area (Å²) in [4.78, 5) is 12.2. The zero-order chi connectivity index (χ0) is 10.6. The molecule has 0 saturated heterocycles.